The summed E-state index contributed by atoms with van der Waals surface area (Å²) in [6.45, 7) is 3.56. The van der Waals surface area contributed by atoms with Crippen LogP contribution < -0.4 is 0 Å². The van der Waals surface area contributed by atoms with Gasteiger partial charge in [0.1, 0.15) is 5.69 Å². The molecule has 0 bridgehead atoms. The smallest absolute Gasteiger partial charge is 0.338 e. The summed E-state index contributed by atoms with van der Waals surface area (Å²) in [7, 11) is 1.40. The van der Waals surface area contributed by atoms with E-state index in [1.807, 2.05) is 28.5 Å². The normalized spacial score (nSPS) is 16.7. The van der Waals surface area contributed by atoms with E-state index in [4.69, 9.17) is 4.74 Å². The fourth-order valence-electron chi connectivity index (χ4n) is 3.40. The van der Waals surface area contributed by atoms with Crippen molar-refractivity contribution in [2.24, 2.45) is 5.92 Å². The molecular weight excluding hydrogens is 348 g/mol. The van der Waals surface area contributed by atoms with Gasteiger partial charge in [0.05, 0.1) is 17.7 Å². The Morgan fingerprint density at radius 1 is 1.35 bits per heavy atom. The first-order valence-electron chi connectivity index (χ1n) is 9.02. The number of aromatic nitrogens is 1. The van der Waals surface area contributed by atoms with Crippen LogP contribution in [0.25, 0.3) is 0 Å². The highest BCUT2D eigenvalue weighted by Crippen LogP contribution is 2.25. The molecule has 1 aliphatic rings. The largest absolute Gasteiger partial charge is 0.465 e. The molecule has 1 aliphatic heterocycles. The summed E-state index contributed by atoms with van der Waals surface area (Å²) in [4.78, 5) is 31.0. The number of methoxy groups -OCH3 is 1. The van der Waals surface area contributed by atoms with Crippen LogP contribution >= 0.6 is 11.3 Å². The minimum Gasteiger partial charge on any atom is -0.465 e. The second-order valence-electron chi connectivity index (χ2n) is 6.64. The van der Waals surface area contributed by atoms with Crippen molar-refractivity contribution in [3.63, 3.8) is 0 Å². The molecule has 1 amide bonds. The maximum absolute atomic E-state index is 12.7. The zero-order chi connectivity index (χ0) is 18.5. The van der Waals surface area contributed by atoms with Crippen molar-refractivity contribution in [1.82, 2.24) is 9.88 Å². The Morgan fingerprint density at radius 3 is 2.92 bits per heavy atom. The summed E-state index contributed by atoms with van der Waals surface area (Å²) in [5.41, 5.74) is 2.16. The zero-order valence-corrected chi connectivity index (χ0v) is 16.1. The molecule has 0 radical (unpaired) electrons. The number of hydrogen-bond donors (Lipinski definition) is 0. The van der Waals surface area contributed by atoms with E-state index in [2.05, 4.69) is 11.9 Å². The van der Waals surface area contributed by atoms with Gasteiger partial charge in [0.25, 0.3) is 5.91 Å². The second-order valence-corrected chi connectivity index (χ2v) is 7.58. The van der Waals surface area contributed by atoms with E-state index < -0.39 is 0 Å². The molecule has 2 heterocycles. The Kier molecular flexibility index (Phi) is 6.04. The third-order valence-corrected chi connectivity index (χ3v) is 5.65. The Hall–Kier alpha value is -2.21. The highest BCUT2D eigenvalue weighted by atomic mass is 32.1. The summed E-state index contributed by atoms with van der Waals surface area (Å²) >= 11 is 1.56. The van der Waals surface area contributed by atoms with Crippen LogP contribution in [0.4, 0.5) is 0 Å². The first-order valence-corrected chi connectivity index (χ1v) is 9.90. The molecule has 1 saturated heterocycles. The van der Waals surface area contributed by atoms with Gasteiger partial charge in [0.2, 0.25) is 0 Å². The summed E-state index contributed by atoms with van der Waals surface area (Å²) in [6, 6.07) is 7.54. The van der Waals surface area contributed by atoms with Gasteiger partial charge in [0, 0.05) is 18.5 Å². The molecule has 1 fully saturated rings. The van der Waals surface area contributed by atoms with Gasteiger partial charge in [-0.2, -0.15) is 0 Å². The zero-order valence-electron chi connectivity index (χ0n) is 15.2. The molecule has 5 nitrogen and oxygen atoms in total. The highest BCUT2D eigenvalue weighted by molar-refractivity contribution is 7.09. The number of carbonyl (C=O) groups is 2. The molecule has 1 atom stereocenters. The van der Waals surface area contributed by atoms with Crippen molar-refractivity contribution in [3.8, 4) is 0 Å². The van der Waals surface area contributed by atoms with Gasteiger partial charge in [-0.3, -0.25) is 4.79 Å². The summed E-state index contributed by atoms with van der Waals surface area (Å²) in [6.07, 6.45) is 3.66. The molecule has 0 saturated carbocycles. The number of carbonyl (C=O) groups excluding carboxylic acids is 2. The van der Waals surface area contributed by atoms with E-state index in [0.717, 1.165) is 42.8 Å². The Labute approximate surface area is 158 Å². The van der Waals surface area contributed by atoms with Crippen molar-refractivity contribution in [1.29, 1.82) is 0 Å². The number of hydrogen-bond acceptors (Lipinski definition) is 5. The molecule has 138 valence electrons. The van der Waals surface area contributed by atoms with Crippen LogP contribution in [0, 0.1) is 5.92 Å². The van der Waals surface area contributed by atoms with Gasteiger partial charge >= 0.3 is 5.97 Å². The predicted molar refractivity (Wildman–Crippen MR) is 102 cm³/mol. The maximum Gasteiger partial charge on any atom is 0.338 e. The van der Waals surface area contributed by atoms with E-state index in [1.165, 1.54) is 7.11 Å². The number of amides is 1. The van der Waals surface area contributed by atoms with Gasteiger partial charge in [-0.25, -0.2) is 9.78 Å². The van der Waals surface area contributed by atoms with Crippen LogP contribution in [-0.2, 0) is 17.6 Å². The van der Waals surface area contributed by atoms with E-state index in [-0.39, 0.29) is 11.9 Å². The number of aryl methyl sites for hydroxylation is 1. The summed E-state index contributed by atoms with van der Waals surface area (Å²) < 4.78 is 4.87. The van der Waals surface area contributed by atoms with E-state index in [9.17, 15) is 9.59 Å². The second kappa shape index (κ2) is 8.45. The standard InChI is InChI=1S/C20H24N2O3S/c1-3-6-18-21-17(13-26-18)19(23)22-10-9-14(12-22)11-15-7-4-5-8-16(15)20(24)25-2/h4-5,7-8,13-14H,3,6,9-12H2,1-2H3. The third kappa shape index (κ3) is 4.12. The first-order chi connectivity index (χ1) is 12.6. The summed E-state index contributed by atoms with van der Waals surface area (Å²) in [5.74, 6) is 0.0586. The molecule has 0 aliphatic carbocycles. The van der Waals surface area contributed by atoms with E-state index >= 15 is 0 Å². The van der Waals surface area contributed by atoms with Crippen LogP contribution in [0.3, 0.4) is 0 Å². The van der Waals surface area contributed by atoms with Crippen LogP contribution in [0.15, 0.2) is 29.6 Å². The fraction of sp³-hybridized carbons (Fsp3) is 0.450. The lowest BCUT2D eigenvalue weighted by Crippen LogP contribution is -2.29. The van der Waals surface area contributed by atoms with E-state index in [0.29, 0.717) is 23.7 Å². The molecule has 1 aromatic carbocycles. The van der Waals surface area contributed by atoms with Gasteiger partial charge < -0.3 is 9.64 Å². The molecule has 0 spiro atoms. The topological polar surface area (TPSA) is 59.5 Å². The van der Waals surface area contributed by atoms with Crippen LogP contribution in [0.5, 0.6) is 0 Å². The monoisotopic (exact) mass is 372 g/mol. The molecule has 1 aromatic heterocycles. The SMILES string of the molecule is CCCc1nc(C(=O)N2CCC(Cc3ccccc3C(=O)OC)C2)cs1. The van der Waals surface area contributed by atoms with Crippen molar-refractivity contribution >= 4 is 23.2 Å². The highest BCUT2D eigenvalue weighted by Gasteiger charge is 2.29. The number of thiazole rings is 1. The first kappa shape index (κ1) is 18.6. The fourth-order valence-corrected chi connectivity index (χ4v) is 4.28. The molecule has 3 rings (SSSR count). The Bertz CT molecular complexity index is 787. The molecule has 2 aromatic rings. The van der Waals surface area contributed by atoms with Gasteiger partial charge in [-0.15, -0.1) is 11.3 Å². The van der Waals surface area contributed by atoms with Crippen molar-refractivity contribution in [2.75, 3.05) is 20.2 Å². The number of ether oxygens (including phenoxy) is 1. The molecule has 1 unspecified atom stereocenters. The third-order valence-electron chi connectivity index (χ3n) is 4.74. The lowest BCUT2D eigenvalue weighted by atomic mass is 9.95. The maximum atomic E-state index is 12.7. The Morgan fingerprint density at radius 2 is 2.15 bits per heavy atom. The van der Waals surface area contributed by atoms with E-state index in [1.54, 1.807) is 17.4 Å². The van der Waals surface area contributed by atoms with Crippen molar-refractivity contribution < 1.29 is 14.3 Å². The van der Waals surface area contributed by atoms with Gasteiger partial charge in [-0.1, -0.05) is 25.1 Å². The van der Waals surface area contributed by atoms with Gasteiger partial charge in [-0.05, 0) is 43.2 Å². The molecule has 6 heteroatoms. The minimum absolute atomic E-state index is 0.0207. The number of benzene rings is 1. The quantitative estimate of drug-likeness (QED) is 0.727. The number of nitrogens with zero attached hydrogens (tertiary/aromatic N) is 2. The van der Waals surface area contributed by atoms with Crippen LogP contribution in [-0.4, -0.2) is 42.0 Å². The minimum atomic E-state index is -0.308. The average molecular weight is 372 g/mol. The Balaban J connectivity index is 1.64. The summed E-state index contributed by atoms with van der Waals surface area (Å²) in [5, 5.41) is 2.89. The lowest BCUT2D eigenvalue weighted by molar-refractivity contribution is 0.0598. The predicted octanol–water partition coefficient (Wildman–Crippen LogP) is 3.59. The lowest BCUT2D eigenvalue weighted by Gasteiger charge is -2.16. The number of likely N-dealkylation sites (tertiary alicyclic amines) is 1. The van der Waals surface area contributed by atoms with Crippen LogP contribution in [0.1, 0.15) is 51.2 Å². The van der Waals surface area contributed by atoms with Crippen LogP contribution in [0.2, 0.25) is 0 Å². The average Bonchev–Trinajstić information content (AvgIpc) is 3.31. The molecule has 0 N–H and O–H groups in total. The molecule has 26 heavy (non-hydrogen) atoms. The van der Waals surface area contributed by atoms with Crippen molar-refractivity contribution in [2.45, 2.75) is 32.6 Å². The molecular formula is C20H24N2O3S. The number of rotatable bonds is 6. The van der Waals surface area contributed by atoms with Gasteiger partial charge in [0.15, 0.2) is 0 Å². The van der Waals surface area contributed by atoms with Crippen molar-refractivity contribution in [3.05, 3.63) is 51.5 Å². The number of esters is 1.